The number of ether oxygens (including phenoxy) is 1. The van der Waals surface area contributed by atoms with E-state index in [0.717, 1.165) is 11.8 Å². The van der Waals surface area contributed by atoms with Gasteiger partial charge in [-0.2, -0.15) is 0 Å². The third kappa shape index (κ3) is 7.54. The van der Waals surface area contributed by atoms with Crippen molar-refractivity contribution in [1.82, 2.24) is 14.9 Å². The molecule has 1 amide bonds. The van der Waals surface area contributed by atoms with E-state index in [1.165, 1.54) is 12.0 Å². The number of hydrogen-bond donors (Lipinski definition) is 3. The van der Waals surface area contributed by atoms with Crippen molar-refractivity contribution < 1.29 is 28.6 Å². The number of benzene rings is 1. The molecule has 2 rings (SSSR count). The minimum Gasteiger partial charge on any atom is -0.497 e. The van der Waals surface area contributed by atoms with Crippen LogP contribution in [0.25, 0.3) is 0 Å². The normalized spacial score (nSPS) is 11.8. The Morgan fingerprint density at radius 2 is 2.00 bits per heavy atom. The molecule has 0 atom stereocenters. The van der Waals surface area contributed by atoms with Crippen molar-refractivity contribution in [3.63, 3.8) is 0 Å². The molecule has 1 aromatic carbocycles. The first kappa shape index (κ1) is 25.7. The molecule has 0 aliphatic rings. The highest BCUT2D eigenvalue weighted by Crippen LogP contribution is 2.32. The van der Waals surface area contributed by atoms with Crippen LogP contribution in [0, 0.1) is 6.92 Å². The molecule has 32 heavy (non-hydrogen) atoms. The Kier molecular flexibility index (Phi) is 10.0. The maximum atomic E-state index is 12.8. The summed E-state index contributed by atoms with van der Waals surface area (Å²) >= 11 is 0.933. The number of aryl methyl sites for hydroxylation is 1. The molecule has 4 N–H and O–H groups in total. The van der Waals surface area contributed by atoms with Gasteiger partial charge in [-0.15, -0.1) is 0 Å². The number of nitrogens with zero attached hydrogens (tertiary/aromatic N) is 3. The Hall–Kier alpha value is -2.56. The molecule has 0 fully saturated rings. The van der Waals surface area contributed by atoms with Gasteiger partial charge in [0.25, 0.3) is 0 Å². The molecular weight excluding hydrogens is 455 g/mol. The molecule has 1 aromatic heterocycles. The Morgan fingerprint density at radius 3 is 2.56 bits per heavy atom. The molecule has 10 nitrogen and oxygen atoms in total. The van der Waals surface area contributed by atoms with E-state index in [1.807, 2.05) is 0 Å². The second-order valence-corrected chi connectivity index (χ2v) is 8.35. The van der Waals surface area contributed by atoms with Crippen LogP contribution in [0.3, 0.4) is 0 Å². The predicted octanol–water partition coefficient (Wildman–Crippen LogP) is 2.76. The highest BCUT2D eigenvalue weighted by atomic mass is 32.2. The molecule has 12 heteroatoms. The third-order valence-corrected chi connectivity index (χ3v) is 5.98. The van der Waals surface area contributed by atoms with Gasteiger partial charge < -0.3 is 29.7 Å². The van der Waals surface area contributed by atoms with Crippen LogP contribution in [0.5, 0.6) is 5.75 Å². The lowest BCUT2D eigenvalue weighted by Crippen LogP contribution is -2.22. The van der Waals surface area contributed by atoms with E-state index in [4.69, 9.17) is 24.8 Å². The van der Waals surface area contributed by atoms with Crippen LogP contribution < -0.4 is 10.5 Å². The molecule has 0 saturated heterocycles. The van der Waals surface area contributed by atoms with Crippen LogP contribution in [-0.4, -0.2) is 49.9 Å². The molecule has 172 valence electrons. The highest BCUT2D eigenvalue weighted by Gasteiger charge is 2.18. The van der Waals surface area contributed by atoms with Gasteiger partial charge in [-0.1, -0.05) is 0 Å². The first-order chi connectivity index (χ1) is 15.2. The molecule has 0 radical (unpaired) electrons. The van der Waals surface area contributed by atoms with Crippen LogP contribution >= 0.6 is 20.4 Å². The quantitative estimate of drug-likeness (QED) is 0.324. The number of methoxy groups -OCH3 is 1. The van der Waals surface area contributed by atoms with Crippen LogP contribution in [0.1, 0.15) is 35.1 Å². The van der Waals surface area contributed by atoms with Gasteiger partial charge in [0.2, 0.25) is 11.5 Å². The fraction of sp³-hybridized carbons (Fsp3) is 0.300. The van der Waals surface area contributed by atoms with Crippen molar-refractivity contribution in [3.8, 4) is 5.75 Å². The molecule has 0 saturated carbocycles. The van der Waals surface area contributed by atoms with E-state index in [2.05, 4.69) is 9.97 Å². The highest BCUT2D eigenvalue weighted by molar-refractivity contribution is 8.17. The monoisotopic (exact) mass is 480 g/mol. The third-order valence-electron chi connectivity index (χ3n) is 4.40. The zero-order chi connectivity index (χ0) is 23.7. The molecular formula is C20H25N4O6PS. The van der Waals surface area contributed by atoms with Crippen LogP contribution in [0.15, 0.2) is 41.1 Å². The van der Waals surface area contributed by atoms with Crippen molar-refractivity contribution in [2.75, 3.05) is 19.5 Å². The summed E-state index contributed by atoms with van der Waals surface area (Å²) in [6, 6.07) is 6.63. The minimum atomic E-state index is -2.53. The van der Waals surface area contributed by atoms with E-state index in [9.17, 15) is 9.59 Å². The van der Waals surface area contributed by atoms with Crippen LogP contribution in [-0.2, 0) is 15.9 Å². The zero-order valence-electron chi connectivity index (χ0n) is 17.9. The predicted molar refractivity (Wildman–Crippen MR) is 122 cm³/mol. The second-order valence-electron chi connectivity index (χ2n) is 6.52. The first-order valence-electron chi connectivity index (χ1n) is 9.41. The van der Waals surface area contributed by atoms with Gasteiger partial charge in [0.15, 0.2) is 0 Å². The second kappa shape index (κ2) is 12.5. The summed E-state index contributed by atoms with van der Waals surface area (Å²) in [7, 11) is -0.999. The number of aromatic nitrogens is 2. The lowest BCUT2D eigenvalue weighted by atomic mass is 10.2. The van der Waals surface area contributed by atoms with Gasteiger partial charge in [0, 0.05) is 34.3 Å². The fourth-order valence-electron chi connectivity index (χ4n) is 2.64. The average Bonchev–Trinajstić information content (AvgIpc) is 2.77. The number of hydrogen-bond acceptors (Lipinski definition) is 10. The Bertz CT molecular complexity index is 971. The van der Waals surface area contributed by atoms with Crippen molar-refractivity contribution >= 4 is 37.7 Å². The summed E-state index contributed by atoms with van der Waals surface area (Å²) in [5, 5.41) is -0.249. The van der Waals surface area contributed by atoms with Gasteiger partial charge in [-0.05, 0) is 49.9 Å². The van der Waals surface area contributed by atoms with Gasteiger partial charge >= 0.3 is 8.60 Å². The number of nitrogen functional groups attached to an aromatic ring is 1. The van der Waals surface area contributed by atoms with E-state index >= 15 is 0 Å². The SMILES string of the molecule is COc1ccc(C(=O)S/C(CCOP(O)O)=C(/C)N(C=O)Cc2cnc(C)nc2N)cc1. The van der Waals surface area contributed by atoms with E-state index in [1.54, 1.807) is 44.3 Å². The first-order valence-corrected chi connectivity index (χ1v) is 11.4. The molecule has 0 aliphatic heterocycles. The number of carbonyl (C=O) groups is 2. The number of anilines is 1. The van der Waals surface area contributed by atoms with E-state index < -0.39 is 8.60 Å². The van der Waals surface area contributed by atoms with Crippen molar-refractivity contribution in [2.24, 2.45) is 0 Å². The Morgan fingerprint density at radius 1 is 1.31 bits per heavy atom. The van der Waals surface area contributed by atoms with Gasteiger partial charge in [-0.3, -0.25) is 9.59 Å². The van der Waals surface area contributed by atoms with Crippen molar-refractivity contribution in [3.05, 3.63) is 58.0 Å². The maximum absolute atomic E-state index is 12.8. The van der Waals surface area contributed by atoms with Gasteiger partial charge in [0.05, 0.1) is 20.3 Å². The van der Waals surface area contributed by atoms with Crippen molar-refractivity contribution in [2.45, 2.75) is 26.8 Å². The number of carbonyl (C=O) groups excluding carboxylic acids is 2. The van der Waals surface area contributed by atoms with Crippen LogP contribution in [0.2, 0.25) is 0 Å². The van der Waals surface area contributed by atoms with E-state index in [0.29, 0.717) is 39.7 Å². The number of rotatable bonds is 11. The van der Waals surface area contributed by atoms with Gasteiger partial charge in [0.1, 0.15) is 17.4 Å². The number of amides is 1. The Balaban J connectivity index is 2.28. The summed E-state index contributed by atoms with van der Waals surface area (Å²) in [6.45, 7) is 3.45. The number of allylic oxidation sites excluding steroid dienone is 1. The summed E-state index contributed by atoms with van der Waals surface area (Å²) < 4.78 is 9.97. The summed E-state index contributed by atoms with van der Waals surface area (Å²) in [6.07, 6.45) is 2.35. The summed E-state index contributed by atoms with van der Waals surface area (Å²) in [4.78, 5) is 52.8. The topological polar surface area (TPSA) is 148 Å². The lowest BCUT2D eigenvalue weighted by molar-refractivity contribution is -0.116. The molecule has 0 bridgehead atoms. The zero-order valence-corrected chi connectivity index (χ0v) is 19.6. The van der Waals surface area contributed by atoms with E-state index in [-0.39, 0.29) is 30.5 Å². The molecule has 0 unspecified atom stereocenters. The largest absolute Gasteiger partial charge is 0.497 e. The number of thioether (sulfide) groups is 1. The van der Waals surface area contributed by atoms with Crippen LogP contribution in [0.4, 0.5) is 5.82 Å². The standard InChI is InChI=1S/C20H25N4O6PS/c1-13(24(12-25)11-16-10-22-14(2)23-19(16)21)18(8-9-30-31(27)28)32-20(26)15-4-6-17(29-3)7-5-15/h4-7,10,12,27-28H,8-9,11H2,1-3H3,(H2,21,22,23)/b18-13-. The molecule has 1 heterocycles. The summed E-state index contributed by atoms with van der Waals surface area (Å²) in [5.41, 5.74) is 7.44. The fourth-order valence-corrected chi connectivity index (χ4v) is 3.82. The van der Waals surface area contributed by atoms with Crippen molar-refractivity contribution in [1.29, 1.82) is 0 Å². The lowest BCUT2D eigenvalue weighted by Gasteiger charge is -2.22. The van der Waals surface area contributed by atoms with Gasteiger partial charge in [-0.25, -0.2) is 9.97 Å². The molecule has 2 aromatic rings. The molecule has 0 spiro atoms. The average molecular weight is 480 g/mol. The minimum absolute atomic E-state index is 0.0449. The number of nitrogens with two attached hydrogens (primary N) is 1. The smallest absolute Gasteiger partial charge is 0.327 e. The summed E-state index contributed by atoms with van der Waals surface area (Å²) in [5.74, 6) is 1.39. The Labute approximate surface area is 191 Å². The maximum Gasteiger partial charge on any atom is 0.327 e. The molecule has 0 aliphatic carbocycles.